The second-order valence-electron chi connectivity index (χ2n) is 5.63. The second-order valence-corrected chi connectivity index (χ2v) is 5.63. The summed E-state index contributed by atoms with van der Waals surface area (Å²) in [6.45, 7) is 0. The number of hydrogen-bond donors (Lipinski definition) is 0. The molecule has 0 saturated heterocycles. The minimum Gasteiger partial charge on any atom is -0.103 e. The van der Waals surface area contributed by atoms with Crippen LogP contribution in [0.5, 0.6) is 0 Å². The minimum absolute atomic E-state index is 0.147. The van der Waals surface area contributed by atoms with Crippen LogP contribution >= 0.6 is 0 Å². The maximum Gasteiger partial charge on any atom is 0.0630 e. The minimum atomic E-state index is 0.147. The van der Waals surface area contributed by atoms with Crippen LogP contribution < -0.4 is 0 Å². The predicted molar refractivity (Wildman–Crippen MR) is 92.4 cm³/mol. The molecule has 2 atom stereocenters. The Balaban J connectivity index is 2.05. The third-order valence-corrected chi connectivity index (χ3v) is 4.02. The first-order valence-corrected chi connectivity index (χ1v) is 8.02. The van der Waals surface area contributed by atoms with Crippen molar-refractivity contribution in [2.24, 2.45) is 0 Å². The van der Waals surface area contributed by atoms with Crippen LogP contribution in [0.15, 0.2) is 60.7 Å². The quantitative estimate of drug-likeness (QED) is 0.670. The highest BCUT2D eigenvalue weighted by molar-refractivity contribution is 5.40. The Kier molecular flexibility index (Phi) is 4.96. The van der Waals surface area contributed by atoms with Crippen molar-refractivity contribution in [3.8, 4) is 23.7 Å². The van der Waals surface area contributed by atoms with Crippen molar-refractivity contribution in [3.63, 3.8) is 0 Å². The maximum absolute atomic E-state index is 3.50. The van der Waals surface area contributed by atoms with Gasteiger partial charge in [-0.05, 0) is 24.0 Å². The molecule has 0 spiro atoms. The number of benzene rings is 2. The van der Waals surface area contributed by atoms with Gasteiger partial charge in [0.2, 0.25) is 0 Å². The molecule has 0 aliphatic heterocycles. The molecule has 1 aliphatic carbocycles. The Morgan fingerprint density at radius 1 is 0.591 bits per heavy atom. The first-order chi connectivity index (χ1) is 10.9. The fourth-order valence-corrected chi connectivity index (χ4v) is 2.83. The third kappa shape index (κ3) is 3.60. The average Bonchev–Trinajstić information content (AvgIpc) is 2.60. The SMILES string of the molecule is C1#C[C@H](c2ccccc2)[C@H](c2ccccc2)C#CCCCC1. The molecular weight excluding hydrogens is 264 g/mol. The van der Waals surface area contributed by atoms with Crippen molar-refractivity contribution in [2.45, 2.75) is 37.5 Å². The van der Waals surface area contributed by atoms with Crippen molar-refractivity contribution in [2.75, 3.05) is 0 Å². The molecule has 0 saturated carbocycles. The molecule has 0 heteroatoms. The molecule has 2 aromatic carbocycles. The normalized spacial score (nSPS) is 20.9. The molecule has 3 rings (SSSR count). The third-order valence-electron chi connectivity index (χ3n) is 4.02. The van der Waals surface area contributed by atoms with E-state index < -0.39 is 0 Å². The van der Waals surface area contributed by atoms with Crippen LogP contribution in [0, 0.1) is 23.7 Å². The Labute approximate surface area is 133 Å². The van der Waals surface area contributed by atoms with Crippen LogP contribution in [0.1, 0.15) is 48.6 Å². The van der Waals surface area contributed by atoms with Gasteiger partial charge < -0.3 is 0 Å². The lowest BCUT2D eigenvalue weighted by molar-refractivity contribution is 0.752. The lowest BCUT2D eigenvalue weighted by Gasteiger charge is -2.20. The van der Waals surface area contributed by atoms with E-state index in [1.165, 1.54) is 11.1 Å². The van der Waals surface area contributed by atoms with Crippen LogP contribution in [0.4, 0.5) is 0 Å². The zero-order chi connectivity index (χ0) is 15.0. The van der Waals surface area contributed by atoms with Crippen LogP contribution in [-0.2, 0) is 0 Å². The van der Waals surface area contributed by atoms with E-state index in [0.717, 1.165) is 25.7 Å². The van der Waals surface area contributed by atoms with E-state index in [-0.39, 0.29) is 11.8 Å². The maximum atomic E-state index is 3.50. The van der Waals surface area contributed by atoms with Gasteiger partial charge >= 0.3 is 0 Å². The first-order valence-electron chi connectivity index (χ1n) is 8.02. The summed E-state index contributed by atoms with van der Waals surface area (Å²) < 4.78 is 0. The lowest BCUT2D eigenvalue weighted by atomic mass is 9.81. The molecule has 2 aromatic rings. The molecule has 0 radical (unpaired) electrons. The smallest absolute Gasteiger partial charge is 0.0630 e. The van der Waals surface area contributed by atoms with Crippen LogP contribution in [0.2, 0.25) is 0 Å². The Hall–Kier alpha value is -2.44. The van der Waals surface area contributed by atoms with Gasteiger partial charge in [-0.1, -0.05) is 72.5 Å². The average molecular weight is 284 g/mol. The molecular formula is C22H20. The van der Waals surface area contributed by atoms with Gasteiger partial charge in [0.1, 0.15) is 0 Å². The monoisotopic (exact) mass is 284 g/mol. The zero-order valence-corrected chi connectivity index (χ0v) is 12.8. The van der Waals surface area contributed by atoms with Crippen molar-refractivity contribution in [1.82, 2.24) is 0 Å². The van der Waals surface area contributed by atoms with Crippen LogP contribution in [-0.4, -0.2) is 0 Å². The van der Waals surface area contributed by atoms with Gasteiger partial charge in [0.15, 0.2) is 0 Å². The highest BCUT2D eigenvalue weighted by atomic mass is 14.2. The summed E-state index contributed by atoms with van der Waals surface area (Å²) in [5.41, 5.74) is 2.53. The van der Waals surface area contributed by atoms with E-state index in [9.17, 15) is 0 Å². The molecule has 0 nitrogen and oxygen atoms in total. The van der Waals surface area contributed by atoms with Crippen molar-refractivity contribution in [3.05, 3.63) is 71.8 Å². The first kappa shape index (κ1) is 14.5. The van der Waals surface area contributed by atoms with Gasteiger partial charge in [0.05, 0.1) is 11.8 Å². The van der Waals surface area contributed by atoms with E-state index in [4.69, 9.17) is 0 Å². The molecule has 0 fully saturated rings. The largest absolute Gasteiger partial charge is 0.103 e. The van der Waals surface area contributed by atoms with E-state index in [1.54, 1.807) is 0 Å². The van der Waals surface area contributed by atoms with Gasteiger partial charge in [-0.2, -0.15) is 0 Å². The molecule has 1 aliphatic rings. The predicted octanol–water partition coefficient (Wildman–Crippen LogP) is 5.13. The standard InChI is InChI=1S/C22H20/c1-2-4-12-18-22(20-15-9-6-10-16-20)21(17-11-3-1)19-13-7-5-8-14-19/h5-10,13-16,21-22H,1-4H2/t21-,22+. The number of rotatable bonds is 2. The summed E-state index contributed by atoms with van der Waals surface area (Å²) in [6.07, 6.45) is 4.26. The molecule has 0 N–H and O–H groups in total. The summed E-state index contributed by atoms with van der Waals surface area (Å²) in [6, 6.07) is 21.1. The molecule has 0 unspecified atom stereocenters. The second kappa shape index (κ2) is 7.53. The molecule has 0 amide bonds. The fraction of sp³-hybridized carbons (Fsp3) is 0.273. The van der Waals surface area contributed by atoms with Crippen LogP contribution in [0.3, 0.4) is 0 Å². The topological polar surface area (TPSA) is 0 Å². The highest BCUT2D eigenvalue weighted by Crippen LogP contribution is 2.32. The summed E-state index contributed by atoms with van der Waals surface area (Å²) in [5, 5.41) is 0. The molecule has 0 bridgehead atoms. The summed E-state index contributed by atoms with van der Waals surface area (Å²) in [7, 11) is 0. The van der Waals surface area contributed by atoms with Gasteiger partial charge in [-0.15, -0.1) is 11.8 Å². The summed E-state index contributed by atoms with van der Waals surface area (Å²) in [4.78, 5) is 0. The van der Waals surface area contributed by atoms with Crippen LogP contribution in [0.25, 0.3) is 0 Å². The fourth-order valence-electron chi connectivity index (χ4n) is 2.83. The van der Waals surface area contributed by atoms with Crippen molar-refractivity contribution in [1.29, 1.82) is 0 Å². The zero-order valence-electron chi connectivity index (χ0n) is 12.8. The summed E-state index contributed by atoms with van der Waals surface area (Å²) >= 11 is 0. The summed E-state index contributed by atoms with van der Waals surface area (Å²) in [5.74, 6) is 14.1. The highest BCUT2D eigenvalue weighted by Gasteiger charge is 2.21. The molecule has 0 aromatic heterocycles. The Morgan fingerprint density at radius 2 is 1.00 bits per heavy atom. The Morgan fingerprint density at radius 3 is 1.41 bits per heavy atom. The van der Waals surface area contributed by atoms with Crippen molar-refractivity contribution < 1.29 is 0 Å². The molecule has 108 valence electrons. The number of hydrogen-bond acceptors (Lipinski definition) is 0. The van der Waals surface area contributed by atoms with Crippen molar-refractivity contribution >= 4 is 0 Å². The van der Waals surface area contributed by atoms with Gasteiger partial charge in [0.25, 0.3) is 0 Å². The van der Waals surface area contributed by atoms with E-state index in [1.807, 2.05) is 0 Å². The van der Waals surface area contributed by atoms with Gasteiger partial charge in [-0.3, -0.25) is 0 Å². The van der Waals surface area contributed by atoms with E-state index in [0.29, 0.717) is 0 Å². The molecule has 22 heavy (non-hydrogen) atoms. The van der Waals surface area contributed by atoms with Gasteiger partial charge in [0, 0.05) is 12.8 Å². The lowest BCUT2D eigenvalue weighted by Crippen LogP contribution is -2.09. The van der Waals surface area contributed by atoms with Gasteiger partial charge in [-0.25, -0.2) is 0 Å². The van der Waals surface area contributed by atoms with E-state index in [2.05, 4.69) is 84.3 Å². The Bertz CT molecular complexity index is 639. The molecule has 0 heterocycles. The van der Waals surface area contributed by atoms with E-state index >= 15 is 0 Å².